The van der Waals surface area contributed by atoms with Crippen LogP contribution in [0.1, 0.15) is 13.8 Å². The van der Waals surface area contributed by atoms with Gasteiger partial charge >= 0.3 is 6.03 Å². The average molecular weight is 338 g/mol. The van der Waals surface area contributed by atoms with Gasteiger partial charge in [-0.15, -0.1) is 12.3 Å². The molecule has 5 nitrogen and oxygen atoms in total. The summed E-state index contributed by atoms with van der Waals surface area (Å²) in [6, 6.07) is 7.69. The van der Waals surface area contributed by atoms with Gasteiger partial charge in [-0.25, -0.2) is 4.79 Å². The van der Waals surface area contributed by atoms with Crippen LogP contribution in [0.25, 0.3) is 0 Å². The van der Waals surface area contributed by atoms with E-state index in [1.165, 1.54) is 4.90 Å². The number of anilines is 2. The third-order valence-electron chi connectivity index (χ3n) is 4.32. The minimum atomic E-state index is -0.222. The van der Waals surface area contributed by atoms with Gasteiger partial charge in [-0.2, -0.15) is 0 Å². The number of hydrogen-bond donors (Lipinski definition) is 1. The number of rotatable bonds is 5. The number of nitrogens with zero attached hydrogens (tertiary/aromatic N) is 3. The van der Waals surface area contributed by atoms with Crippen molar-refractivity contribution >= 4 is 17.4 Å². The van der Waals surface area contributed by atoms with Gasteiger partial charge in [-0.1, -0.05) is 30.9 Å². The van der Waals surface area contributed by atoms with Crippen molar-refractivity contribution in [1.29, 1.82) is 0 Å². The van der Waals surface area contributed by atoms with E-state index in [4.69, 9.17) is 6.42 Å². The molecule has 1 N–H and O–H groups in total. The van der Waals surface area contributed by atoms with Gasteiger partial charge in [0.15, 0.2) is 0 Å². The van der Waals surface area contributed by atoms with Crippen LogP contribution in [0.5, 0.6) is 0 Å². The number of hydrogen-bond acceptors (Lipinski definition) is 3. The van der Waals surface area contributed by atoms with Gasteiger partial charge in [-0.3, -0.25) is 0 Å². The molecule has 0 aromatic heterocycles. The lowest BCUT2D eigenvalue weighted by atomic mass is 10.2. The number of para-hydroxylation sites is 2. The minimum absolute atomic E-state index is 0.222. The van der Waals surface area contributed by atoms with E-state index in [9.17, 15) is 4.79 Å². The molecule has 0 bridgehead atoms. The van der Waals surface area contributed by atoms with E-state index in [2.05, 4.69) is 45.9 Å². The van der Waals surface area contributed by atoms with Gasteiger partial charge in [0.05, 0.1) is 24.5 Å². The highest BCUT2D eigenvalue weighted by Gasteiger charge is 2.20. The molecule has 0 unspecified atom stereocenters. The Morgan fingerprint density at radius 3 is 2.60 bits per heavy atom. The Kier molecular flexibility index (Phi) is 7.19. The fourth-order valence-electron chi connectivity index (χ4n) is 2.84. The monoisotopic (exact) mass is 338 g/mol. The Labute approximate surface area is 151 Å². The fourth-order valence-corrected chi connectivity index (χ4v) is 2.84. The van der Waals surface area contributed by atoms with Crippen LogP contribution in [0.4, 0.5) is 16.2 Å². The maximum absolute atomic E-state index is 12.6. The van der Waals surface area contributed by atoms with Gasteiger partial charge in [0.1, 0.15) is 0 Å². The first-order valence-corrected chi connectivity index (χ1v) is 8.65. The summed E-state index contributed by atoms with van der Waals surface area (Å²) in [6.07, 6.45) is 5.37. The highest BCUT2D eigenvalue weighted by Crippen LogP contribution is 2.26. The molecule has 1 heterocycles. The van der Waals surface area contributed by atoms with E-state index in [1.54, 1.807) is 6.92 Å². The molecule has 1 aromatic rings. The van der Waals surface area contributed by atoms with E-state index < -0.39 is 0 Å². The quantitative estimate of drug-likeness (QED) is 0.838. The Morgan fingerprint density at radius 1 is 1.24 bits per heavy atom. The number of carbonyl (C=O) groups is 1. The average Bonchev–Trinajstić information content (AvgIpc) is 2.65. The highest BCUT2D eigenvalue weighted by molar-refractivity contribution is 5.93. The Balaban J connectivity index is 2.10. The number of carbonyl (C=O) groups excluding carboxylic acids is 1. The largest absolute Gasteiger partial charge is 0.367 e. The summed E-state index contributed by atoms with van der Waals surface area (Å²) < 4.78 is 0. The number of piperazine rings is 1. The topological polar surface area (TPSA) is 38.8 Å². The predicted molar refractivity (Wildman–Crippen MR) is 104 cm³/mol. The Morgan fingerprint density at radius 2 is 1.96 bits per heavy atom. The van der Waals surface area contributed by atoms with Gasteiger partial charge < -0.3 is 20.0 Å². The minimum Gasteiger partial charge on any atom is -0.367 e. The maximum Gasteiger partial charge on any atom is 0.323 e. The summed E-state index contributed by atoms with van der Waals surface area (Å²) in [5.74, 6) is 8.20. The fraction of sp³-hybridized carbons (Fsp3) is 0.450. The SMILES string of the molecule is C#CCN(CC#CC)C(=O)Nc1ccccc1N1CCN(CC)CC1. The van der Waals surface area contributed by atoms with Crippen LogP contribution in [0, 0.1) is 24.2 Å². The highest BCUT2D eigenvalue weighted by atomic mass is 16.2. The van der Waals surface area contributed by atoms with Crippen LogP contribution in [-0.2, 0) is 0 Å². The van der Waals surface area contributed by atoms with Crippen molar-refractivity contribution in [3.63, 3.8) is 0 Å². The summed E-state index contributed by atoms with van der Waals surface area (Å²) in [5, 5.41) is 3.00. The molecule has 2 amide bonds. The predicted octanol–water partition coefficient (Wildman–Crippen LogP) is 2.32. The third kappa shape index (κ3) is 5.17. The number of benzene rings is 1. The molecule has 0 spiro atoms. The van der Waals surface area contributed by atoms with Gasteiger partial charge in [0, 0.05) is 26.2 Å². The van der Waals surface area contributed by atoms with Crippen LogP contribution in [-0.4, -0.2) is 61.6 Å². The zero-order valence-corrected chi connectivity index (χ0v) is 15.1. The number of terminal acetylenes is 1. The molecule has 1 fully saturated rings. The molecular formula is C20H26N4O. The summed E-state index contributed by atoms with van der Waals surface area (Å²) in [6.45, 7) is 9.54. The van der Waals surface area contributed by atoms with E-state index in [-0.39, 0.29) is 12.6 Å². The standard InChI is InChI=1S/C20H26N4O/c1-4-7-13-24(12-5-2)20(25)21-18-10-8-9-11-19(18)23-16-14-22(6-3)15-17-23/h2,8-11H,6,12-17H2,1,3H3,(H,21,25). The molecule has 5 heteroatoms. The molecule has 0 radical (unpaired) electrons. The van der Waals surface area contributed by atoms with Crippen molar-refractivity contribution in [2.75, 3.05) is 56.0 Å². The van der Waals surface area contributed by atoms with Gasteiger partial charge in [-0.05, 0) is 25.6 Å². The zero-order chi connectivity index (χ0) is 18.1. The molecule has 0 aliphatic carbocycles. The first-order valence-electron chi connectivity index (χ1n) is 8.65. The second kappa shape index (κ2) is 9.61. The number of likely N-dealkylation sites (N-methyl/N-ethyl adjacent to an activating group) is 1. The smallest absolute Gasteiger partial charge is 0.323 e. The van der Waals surface area contributed by atoms with Crippen molar-refractivity contribution in [2.45, 2.75) is 13.8 Å². The molecule has 25 heavy (non-hydrogen) atoms. The van der Waals surface area contributed by atoms with Crippen LogP contribution < -0.4 is 10.2 Å². The lowest BCUT2D eigenvalue weighted by molar-refractivity contribution is 0.223. The number of urea groups is 1. The molecule has 1 aromatic carbocycles. The Bertz CT molecular complexity index is 675. The lowest BCUT2D eigenvalue weighted by Crippen LogP contribution is -2.46. The number of nitrogens with one attached hydrogen (secondary N) is 1. The first-order chi connectivity index (χ1) is 12.2. The van der Waals surface area contributed by atoms with Crippen LogP contribution in [0.15, 0.2) is 24.3 Å². The molecule has 2 rings (SSSR count). The molecule has 0 atom stereocenters. The van der Waals surface area contributed by atoms with Gasteiger partial charge in [0.25, 0.3) is 0 Å². The summed E-state index contributed by atoms with van der Waals surface area (Å²) in [4.78, 5) is 18.8. The summed E-state index contributed by atoms with van der Waals surface area (Å²) in [5.41, 5.74) is 1.86. The van der Waals surface area contributed by atoms with E-state index in [0.29, 0.717) is 6.54 Å². The van der Waals surface area contributed by atoms with E-state index >= 15 is 0 Å². The number of amides is 2. The Hall–Kier alpha value is -2.63. The van der Waals surface area contributed by atoms with Crippen molar-refractivity contribution in [2.24, 2.45) is 0 Å². The van der Waals surface area contributed by atoms with Gasteiger partial charge in [0.2, 0.25) is 0 Å². The summed E-state index contributed by atoms with van der Waals surface area (Å²) >= 11 is 0. The van der Waals surface area contributed by atoms with E-state index in [1.807, 2.05) is 18.2 Å². The molecule has 132 valence electrons. The molecule has 1 saturated heterocycles. The van der Waals surface area contributed by atoms with E-state index in [0.717, 1.165) is 44.1 Å². The molecule has 1 aliphatic heterocycles. The van der Waals surface area contributed by atoms with Crippen LogP contribution >= 0.6 is 0 Å². The van der Waals surface area contributed by atoms with Crippen molar-refractivity contribution in [1.82, 2.24) is 9.80 Å². The van der Waals surface area contributed by atoms with Crippen molar-refractivity contribution in [3.8, 4) is 24.2 Å². The third-order valence-corrected chi connectivity index (χ3v) is 4.32. The first kappa shape index (κ1) is 18.7. The molecule has 1 aliphatic rings. The van der Waals surface area contributed by atoms with Crippen molar-refractivity contribution < 1.29 is 4.79 Å². The zero-order valence-electron chi connectivity index (χ0n) is 15.1. The normalized spacial score (nSPS) is 14.2. The molecular weight excluding hydrogens is 312 g/mol. The summed E-state index contributed by atoms with van der Waals surface area (Å²) in [7, 11) is 0. The van der Waals surface area contributed by atoms with Crippen molar-refractivity contribution in [3.05, 3.63) is 24.3 Å². The second-order valence-corrected chi connectivity index (χ2v) is 5.86. The lowest BCUT2D eigenvalue weighted by Gasteiger charge is -2.36. The van der Waals surface area contributed by atoms with Crippen LogP contribution in [0.2, 0.25) is 0 Å². The maximum atomic E-state index is 12.6. The molecule has 0 saturated carbocycles. The van der Waals surface area contributed by atoms with Crippen LogP contribution in [0.3, 0.4) is 0 Å². The second-order valence-electron chi connectivity index (χ2n) is 5.86.